The van der Waals surface area contributed by atoms with Gasteiger partial charge in [-0.1, -0.05) is 12.1 Å². The minimum absolute atomic E-state index is 0.0616. The van der Waals surface area contributed by atoms with Crippen LogP contribution in [-0.4, -0.2) is 20.4 Å². The summed E-state index contributed by atoms with van der Waals surface area (Å²) in [7, 11) is 0. The van der Waals surface area contributed by atoms with Crippen molar-refractivity contribution < 1.29 is 14.1 Å². The number of amides is 1. The van der Waals surface area contributed by atoms with Crippen LogP contribution in [0, 0.1) is 22.9 Å². The molecule has 0 radical (unpaired) electrons. The average Bonchev–Trinajstić information content (AvgIpc) is 2.80. The molecule has 21 heavy (non-hydrogen) atoms. The number of nitro groups is 1. The van der Waals surface area contributed by atoms with Crippen molar-refractivity contribution in [3.63, 3.8) is 0 Å². The summed E-state index contributed by atoms with van der Waals surface area (Å²) < 4.78 is 14.1. The van der Waals surface area contributed by atoms with Crippen molar-refractivity contribution in [1.29, 1.82) is 0 Å². The quantitative estimate of drug-likeness (QED) is 0.668. The highest BCUT2D eigenvalue weighted by Crippen LogP contribution is 2.10. The van der Waals surface area contributed by atoms with Crippen molar-refractivity contribution in [1.82, 2.24) is 14.9 Å². The van der Waals surface area contributed by atoms with Crippen LogP contribution < -0.4 is 5.32 Å². The highest BCUT2D eigenvalue weighted by atomic mass is 19.1. The van der Waals surface area contributed by atoms with E-state index in [1.165, 1.54) is 22.9 Å². The number of hydrogen-bond acceptors (Lipinski definition) is 4. The minimum Gasteiger partial charge on any atom is -0.358 e. The van der Waals surface area contributed by atoms with Gasteiger partial charge in [0.25, 0.3) is 0 Å². The van der Waals surface area contributed by atoms with Gasteiger partial charge < -0.3 is 15.4 Å². The maximum atomic E-state index is 12.7. The topological polar surface area (TPSA) is 90.1 Å². The van der Waals surface area contributed by atoms with Crippen LogP contribution in [-0.2, 0) is 17.9 Å². The standard InChI is InChI=1S/C13H13FN4O3/c1-9-16-12(18(20)21)7-17(9)8-13(19)15-6-10-2-4-11(14)5-3-10/h2-5,7H,6,8H2,1H3,(H,15,19). The number of benzene rings is 1. The van der Waals surface area contributed by atoms with Crippen molar-refractivity contribution in [2.45, 2.75) is 20.0 Å². The molecule has 2 aromatic rings. The van der Waals surface area contributed by atoms with Gasteiger partial charge in [0.2, 0.25) is 11.7 Å². The van der Waals surface area contributed by atoms with E-state index in [4.69, 9.17) is 0 Å². The number of nitrogens with one attached hydrogen (secondary N) is 1. The van der Waals surface area contributed by atoms with E-state index in [-0.39, 0.29) is 30.6 Å². The molecule has 1 aromatic carbocycles. The highest BCUT2D eigenvalue weighted by molar-refractivity contribution is 5.75. The van der Waals surface area contributed by atoms with Gasteiger partial charge in [-0.15, -0.1) is 0 Å². The number of carbonyl (C=O) groups excluding carboxylic acids is 1. The number of carbonyl (C=O) groups is 1. The molecule has 8 heteroatoms. The fourth-order valence-corrected chi connectivity index (χ4v) is 1.75. The second kappa shape index (κ2) is 6.12. The molecule has 0 aliphatic heterocycles. The zero-order valence-corrected chi connectivity index (χ0v) is 11.2. The van der Waals surface area contributed by atoms with Crippen LogP contribution in [0.4, 0.5) is 10.2 Å². The Morgan fingerprint density at radius 3 is 2.67 bits per heavy atom. The van der Waals surface area contributed by atoms with Gasteiger partial charge in [-0.3, -0.25) is 9.36 Å². The summed E-state index contributed by atoms with van der Waals surface area (Å²) in [6.45, 7) is 1.78. The minimum atomic E-state index is -0.611. The lowest BCUT2D eigenvalue weighted by Gasteiger charge is -2.06. The molecule has 1 amide bonds. The van der Waals surface area contributed by atoms with E-state index >= 15 is 0 Å². The molecule has 110 valence electrons. The van der Waals surface area contributed by atoms with Gasteiger partial charge in [0, 0.05) is 13.5 Å². The van der Waals surface area contributed by atoms with Crippen molar-refractivity contribution >= 4 is 11.7 Å². The predicted octanol–water partition coefficient (Wildman–Crippen LogP) is 1.56. The van der Waals surface area contributed by atoms with Gasteiger partial charge >= 0.3 is 5.82 Å². The molecule has 0 aliphatic carbocycles. The van der Waals surface area contributed by atoms with E-state index in [2.05, 4.69) is 10.3 Å². The number of hydrogen-bond donors (Lipinski definition) is 1. The van der Waals surface area contributed by atoms with Gasteiger partial charge in [0.15, 0.2) is 0 Å². The Labute approximate surface area is 119 Å². The third kappa shape index (κ3) is 3.85. The second-order valence-electron chi connectivity index (χ2n) is 4.43. The molecular formula is C13H13FN4O3. The maximum Gasteiger partial charge on any atom is 0.381 e. The molecule has 0 atom stereocenters. The number of imidazole rings is 1. The molecule has 0 bridgehead atoms. The fraction of sp³-hybridized carbons (Fsp3) is 0.231. The van der Waals surface area contributed by atoms with Crippen molar-refractivity contribution in [3.05, 3.63) is 57.8 Å². The van der Waals surface area contributed by atoms with Crippen LogP contribution in [0.1, 0.15) is 11.4 Å². The van der Waals surface area contributed by atoms with Crippen LogP contribution in [0.2, 0.25) is 0 Å². The summed E-state index contributed by atoms with van der Waals surface area (Å²) in [5, 5.41) is 13.2. The zero-order valence-electron chi connectivity index (χ0n) is 11.2. The van der Waals surface area contributed by atoms with Crippen molar-refractivity contribution in [3.8, 4) is 0 Å². The van der Waals surface area contributed by atoms with Crippen molar-refractivity contribution in [2.75, 3.05) is 0 Å². The van der Waals surface area contributed by atoms with E-state index in [1.54, 1.807) is 19.1 Å². The van der Waals surface area contributed by atoms with Gasteiger partial charge in [-0.25, -0.2) is 4.39 Å². The Morgan fingerprint density at radius 2 is 2.10 bits per heavy atom. The molecule has 0 fully saturated rings. The molecule has 0 unspecified atom stereocenters. The number of rotatable bonds is 5. The maximum absolute atomic E-state index is 12.7. The van der Waals surface area contributed by atoms with E-state index in [9.17, 15) is 19.3 Å². The number of halogens is 1. The lowest BCUT2D eigenvalue weighted by Crippen LogP contribution is -2.27. The first-order valence-electron chi connectivity index (χ1n) is 6.15. The summed E-state index contributed by atoms with van der Waals surface area (Å²) in [6.07, 6.45) is 1.22. The normalized spacial score (nSPS) is 10.4. The van der Waals surface area contributed by atoms with Crippen molar-refractivity contribution in [2.24, 2.45) is 0 Å². The number of nitrogens with zero attached hydrogens (tertiary/aromatic N) is 3. The Bertz CT molecular complexity index is 667. The summed E-state index contributed by atoms with van der Waals surface area (Å²) in [6, 6.07) is 5.77. The van der Waals surface area contributed by atoms with Gasteiger partial charge in [-0.05, 0) is 27.6 Å². The molecule has 0 aliphatic rings. The molecule has 0 saturated carbocycles. The van der Waals surface area contributed by atoms with Crippen LogP contribution in [0.3, 0.4) is 0 Å². The molecule has 7 nitrogen and oxygen atoms in total. The summed E-state index contributed by atoms with van der Waals surface area (Å²) in [5.74, 6) is -0.557. The Hall–Kier alpha value is -2.77. The Kier molecular flexibility index (Phi) is 4.27. The van der Waals surface area contributed by atoms with Crippen LogP contribution in [0.25, 0.3) is 0 Å². The van der Waals surface area contributed by atoms with Crippen LogP contribution >= 0.6 is 0 Å². The zero-order chi connectivity index (χ0) is 15.4. The second-order valence-corrected chi connectivity index (χ2v) is 4.43. The molecule has 1 N–H and O–H groups in total. The summed E-state index contributed by atoms with van der Waals surface area (Å²) in [4.78, 5) is 25.5. The van der Waals surface area contributed by atoms with E-state index in [1.807, 2.05) is 0 Å². The largest absolute Gasteiger partial charge is 0.381 e. The van der Waals surface area contributed by atoms with Gasteiger partial charge in [0.1, 0.15) is 18.6 Å². The van der Waals surface area contributed by atoms with Crippen LogP contribution in [0.15, 0.2) is 30.5 Å². The predicted molar refractivity (Wildman–Crippen MR) is 71.9 cm³/mol. The van der Waals surface area contributed by atoms with E-state index < -0.39 is 4.92 Å². The number of aryl methyl sites for hydroxylation is 1. The fourth-order valence-electron chi connectivity index (χ4n) is 1.75. The Morgan fingerprint density at radius 1 is 1.43 bits per heavy atom. The Balaban J connectivity index is 1.92. The summed E-state index contributed by atoms with van der Waals surface area (Å²) in [5.41, 5.74) is 0.762. The molecule has 0 saturated heterocycles. The first-order valence-corrected chi connectivity index (χ1v) is 6.15. The number of aromatic nitrogens is 2. The van der Waals surface area contributed by atoms with Crippen LogP contribution in [0.5, 0.6) is 0 Å². The molecule has 1 heterocycles. The smallest absolute Gasteiger partial charge is 0.358 e. The SMILES string of the molecule is Cc1nc([N+](=O)[O-])cn1CC(=O)NCc1ccc(F)cc1. The van der Waals surface area contributed by atoms with E-state index in [0.717, 1.165) is 5.56 Å². The third-order valence-corrected chi connectivity index (χ3v) is 2.87. The lowest BCUT2D eigenvalue weighted by molar-refractivity contribution is -0.389. The monoisotopic (exact) mass is 292 g/mol. The third-order valence-electron chi connectivity index (χ3n) is 2.87. The average molecular weight is 292 g/mol. The highest BCUT2D eigenvalue weighted by Gasteiger charge is 2.16. The van der Waals surface area contributed by atoms with Gasteiger partial charge in [-0.2, -0.15) is 0 Å². The lowest BCUT2D eigenvalue weighted by atomic mass is 10.2. The molecule has 1 aromatic heterocycles. The first kappa shape index (κ1) is 14.6. The van der Waals surface area contributed by atoms with E-state index in [0.29, 0.717) is 5.82 Å². The molecule has 0 spiro atoms. The van der Waals surface area contributed by atoms with Gasteiger partial charge in [0.05, 0.1) is 0 Å². The summed E-state index contributed by atoms with van der Waals surface area (Å²) >= 11 is 0. The molecule has 2 rings (SSSR count). The molecular weight excluding hydrogens is 279 g/mol. The first-order chi connectivity index (χ1) is 9.95.